The molecule has 0 spiro atoms. The third kappa shape index (κ3) is 3.67. The number of nitrogens with zero attached hydrogens (tertiary/aromatic N) is 3. The maximum atomic E-state index is 12.5. The summed E-state index contributed by atoms with van der Waals surface area (Å²) in [6.07, 6.45) is -0.430. The monoisotopic (exact) mass is 351 g/mol. The lowest BCUT2D eigenvalue weighted by molar-refractivity contribution is -0.387. The first-order valence-electron chi connectivity index (χ1n) is 7.14. The van der Waals surface area contributed by atoms with Crippen molar-refractivity contribution >= 4 is 35.9 Å². The molecular weight excluding hydrogens is 334 g/mol. The van der Waals surface area contributed by atoms with E-state index in [2.05, 4.69) is 23.9 Å². The third-order valence-electron chi connectivity index (χ3n) is 3.78. The van der Waals surface area contributed by atoms with Gasteiger partial charge in [0.1, 0.15) is 0 Å². The Labute approximate surface area is 144 Å². The molecule has 0 aromatic heterocycles. The Morgan fingerprint density at radius 3 is 2.38 bits per heavy atom. The van der Waals surface area contributed by atoms with E-state index < -0.39 is 11.0 Å². The first kappa shape index (κ1) is 17.8. The Bertz CT molecular complexity index is 698. The lowest BCUT2D eigenvalue weighted by atomic mass is 10.1. The highest BCUT2D eigenvalue weighted by atomic mass is 32.1. The smallest absolute Gasteiger partial charge is 0.409 e. The van der Waals surface area contributed by atoms with Gasteiger partial charge in [-0.2, -0.15) is 0 Å². The summed E-state index contributed by atoms with van der Waals surface area (Å²) in [7, 11) is 1.31. The van der Waals surface area contributed by atoms with E-state index in [0.717, 1.165) is 0 Å². The van der Waals surface area contributed by atoms with Crippen LogP contribution in [0.15, 0.2) is 29.7 Å². The van der Waals surface area contributed by atoms with Crippen molar-refractivity contribution in [3.05, 3.63) is 40.5 Å². The molecule has 0 N–H and O–H groups in total. The molecule has 0 unspecified atom stereocenters. The first-order chi connectivity index (χ1) is 11.3. The molecule has 0 bridgehead atoms. The number of nitro groups is 1. The van der Waals surface area contributed by atoms with Crippen molar-refractivity contribution in [2.24, 2.45) is 0 Å². The number of hydrogen-bond donors (Lipinski definition) is 1. The van der Waals surface area contributed by atoms with Crippen molar-refractivity contribution < 1.29 is 19.2 Å². The molecule has 0 atom stereocenters. The predicted octanol–water partition coefficient (Wildman–Crippen LogP) is 1.81. The first-order valence-corrected chi connectivity index (χ1v) is 7.58. The van der Waals surface area contributed by atoms with Gasteiger partial charge in [-0.25, -0.2) is 4.79 Å². The second-order valence-electron chi connectivity index (χ2n) is 5.19. The van der Waals surface area contributed by atoms with Crippen molar-refractivity contribution in [3.63, 3.8) is 0 Å². The summed E-state index contributed by atoms with van der Waals surface area (Å²) in [6.45, 7) is 5.18. The topological polar surface area (TPSA) is 93.0 Å². The number of amides is 2. The Kier molecular flexibility index (Phi) is 5.45. The van der Waals surface area contributed by atoms with E-state index in [0.29, 0.717) is 31.7 Å². The second-order valence-corrected chi connectivity index (χ2v) is 5.67. The largest absolute Gasteiger partial charge is 0.453 e. The minimum Gasteiger partial charge on any atom is -0.453 e. The van der Waals surface area contributed by atoms with Crippen molar-refractivity contribution in [1.29, 1.82) is 0 Å². The highest BCUT2D eigenvalue weighted by Crippen LogP contribution is 2.27. The fourth-order valence-corrected chi connectivity index (χ4v) is 2.61. The molecule has 1 heterocycles. The number of piperazine rings is 1. The van der Waals surface area contributed by atoms with E-state index in [1.807, 2.05) is 0 Å². The van der Waals surface area contributed by atoms with Gasteiger partial charge in [0, 0.05) is 37.8 Å². The minimum atomic E-state index is -0.557. The zero-order valence-corrected chi connectivity index (χ0v) is 14.0. The molecule has 1 aromatic carbocycles. The van der Waals surface area contributed by atoms with E-state index in [-0.39, 0.29) is 22.1 Å². The summed E-state index contributed by atoms with van der Waals surface area (Å²) >= 11 is 4.03. The molecule has 0 saturated carbocycles. The van der Waals surface area contributed by atoms with Gasteiger partial charge in [-0.3, -0.25) is 14.9 Å². The fraction of sp³-hybridized carbons (Fsp3) is 0.333. The van der Waals surface area contributed by atoms with Crippen molar-refractivity contribution in [2.75, 3.05) is 33.3 Å². The van der Waals surface area contributed by atoms with Crippen LogP contribution < -0.4 is 0 Å². The van der Waals surface area contributed by atoms with Crippen LogP contribution in [0.25, 0.3) is 5.57 Å². The number of carbonyl (C=O) groups is 2. The molecule has 24 heavy (non-hydrogen) atoms. The molecule has 0 aliphatic carbocycles. The average Bonchev–Trinajstić information content (AvgIpc) is 2.60. The number of hydrogen-bond acceptors (Lipinski definition) is 6. The SMILES string of the molecule is C=C(C(=O)N1CCN(C(=O)OC)CC1)c1ccc(S)c([N+](=O)[O-])c1. The number of nitro benzene ring substituents is 1. The number of methoxy groups -OCH3 is 1. The predicted molar refractivity (Wildman–Crippen MR) is 89.9 cm³/mol. The third-order valence-corrected chi connectivity index (χ3v) is 4.16. The molecule has 1 aliphatic heterocycles. The molecular formula is C15H17N3O5S. The minimum absolute atomic E-state index is 0.165. The van der Waals surface area contributed by atoms with Gasteiger partial charge in [0.25, 0.3) is 11.6 Å². The second kappa shape index (κ2) is 7.35. The van der Waals surface area contributed by atoms with Gasteiger partial charge in [-0.1, -0.05) is 12.6 Å². The Hall–Kier alpha value is -2.55. The number of carbonyl (C=O) groups excluding carboxylic acids is 2. The van der Waals surface area contributed by atoms with Crippen LogP contribution in [-0.2, 0) is 9.53 Å². The zero-order chi connectivity index (χ0) is 17.9. The van der Waals surface area contributed by atoms with Crippen LogP contribution >= 0.6 is 12.6 Å². The van der Waals surface area contributed by atoms with Gasteiger partial charge >= 0.3 is 6.09 Å². The molecule has 2 rings (SSSR count). The van der Waals surface area contributed by atoms with Crippen LogP contribution in [0.4, 0.5) is 10.5 Å². The maximum absolute atomic E-state index is 12.5. The summed E-state index contributed by atoms with van der Waals surface area (Å²) in [6, 6.07) is 4.32. The summed E-state index contributed by atoms with van der Waals surface area (Å²) in [5.41, 5.74) is 0.359. The van der Waals surface area contributed by atoms with Crippen LogP contribution in [0.3, 0.4) is 0 Å². The van der Waals surface area contributed by atoms with Gasteiger partial charge in [-0.05, 0) is 11.6 Å². The number of ether oxygens (including phenoxy) is 1. The Balaban J connectivity index is 2.08. The number of rotatable bonds is 3. The van der Waals surface area contributed by atoms with Gasteiger partial charge in [0.2, 0.25) is 0 Å². The molecule has 1 aliphatic rings. The summed E-state index contributed by atoms with van der Waals surface area (Å²) in [4.78, 5) is 37.7. The zero-order valence-electron chi connectivity index (χ0n) is 13.1. The summed E-state index contributed by atoms with van der Waals surface area (Å²) in [5, 5.41) is 11.0. The highest BCUT2D eigenvalue weighted by Gasteiger charge is 2.26. The van der Waals surface area contributed by atoms with Crippen molar-refractivity contribution in [1.82, 2.24) is 9.80 Å². The highest BCUT2D eigenvalue weighted by molar-refractivity contribution is 7.80. The van der Waals surface area contributed by atoms with Gasteiger partial charge in [-0.15, -0.1) is 12.6 Å². The Morgan fingerprint density at radius 2 is 1.83 bits per heavy atom. The van der Waals surface area contributed by atoms with E-state index in [1.165, 1.54) is 24.1 Å². The van der Waals surface area contributed by atoms with Crippen LogP contribution in [-0.4, -0.2) is 60.0 Å². The normalized spacial score (nSPS) is 14.2. The van der Waals surface area contributed by atoms with Gasteiger partial charge in [0.05, 0.1) is 16.9 Å². The molecule has 8 nitrogen and oxygen atoms in total. The standard InChI is InChI=1S/C15H17N3O5S/c1-10(11-3-4-13(24)12(9-11)18(21)22)14(19)16-5-7-17(8-6-16)15(20)23-2/h3-4,9,24H,1,5-8H2,2H3. The number of thiol groups is 1. The fourth-order valence-electron chi connectivity index (χ4n) is 2.39. The molecule has 2 amide bonds. The summed E-state index contributed by atoms with van der Waals surface area (Å²) in [5.74, 6) is -0.319. The van der Waals surface area contributed by atoms with E-state index in [1.54, 1.807) is 11.0 Å². The molecule has 1 saturated heterocycles. The van der Waals surface area contributed by atoms with Crippen LogP contribution in [0.2, 0.25) is 0 Å². The molecule has 9 heteroatoms. The quantitative estimate of drug-likeness (QED) is 0.388. The van der Waals surface area contributed by atoms with Gasteiger partial charge < -0.3 is 14.5 Å². The van der Waals surface area contributed by atoms with E-state index in [4.69, 9.17) is 0 Å². The van der Waals surface area contributed by atoms with Crippen LogP contribution in [0.1, 0.15) is 5.56 Å². The maximum Gasteiger partial charge on any atom is 0.409 e. The molecule has 0 radical (unpaired) electrons. The molecule has 1 fully saturated rings. The van der Waals surface area contributed by atoms with Crippen molar-refractivity contribution in [2.45, 2.75) is 4.90 Å². The van der Waals surface area contributed by atoms with Gasteiger partial charge in [0.15, 0.2) is 0 Å². The van der Waals surface area contributed by atoms with E-state index in [9.17, 15) is 19.7 Å². The van der Waals surface area contributed by atoms with Crippen LogP contribution in [0.5, 0.6) is 0 Å². The molecule has 128 valence electrons. The average molecular weight is 351 g/mol. The van der Waals surface area contributed by atoms with Crippen LogP contribution in [0, 0.1) is 10.1 Å². The number of benzene rings is 1. The Morgan fingerprint density at radius 1 is 1.25 bits per heavy atom. The lowest BCUT2D eigenvalue weighted by Gasteiger charge is -2.34. The lowest BCUT2D eigenvalue weighted by Crippen LogP contribution is -2.50. The molecule has 1 aromatic rings. The van der Waals surface area contributed by atoms with Crippen molar-refractivity contribution in [3.8, 4) is 0 Å². The summed E-state index contributed by atoms with van der Waals surface area (Å²) < 4.78 is 4.64. The van der Waals surface area contributed by atoms with E-state index >= 15 is 0 Å².